The van der Waals surface area contributed by atoms with Crippen molar-refractivity contribution in [3.63, 3.8) is 0 Å². The number of pyridine rings is 1. The predicted octanol–water partition coefficient (Wildman–Crippen LogP) is 4.31. The zero-order valence-electron chi connectivity index (χ0n) is 13.1. The van der Waals surface area contributed by atoms with Crippen molar-refractivity contribution < 1.29 is 4.74 Å². The van der Waals surface area contributed by atoms with Crippen LogP contribution in [0.4, 0.5) is 5.00 Å². The number of imidazole rings is 1. The zero-order chi connectivity index (χ0) is 16.4. The number of fused-ring (bicyclic) bond motifs is 1. The van der Waals surface area contributed by atoms with Gasteiger partial charge in [-0.3, -0.25) is 4.98 Å². The lowest BCUT2D eigenvalue weighted by Gasteiger charge is -2.02. The molecular formula is C18H16N4OS. The number of nitrogens with one attached hydrogen (secondary N) is 2. The SMILES string of the molecule is COc1ccc2nc(-c3ccc(NCc4cccnc4)s3)[nH]c2c1. The van der Waals surface area contributed by atoms with Gasteiger partial charge in [0.1, 0.15) is 11.6 Å². The van der Waals surface area contributed by atoms with Crippen LogP contribution in [0.15, 0.2) is 54.9 Å². The van der Waals surface area contributed by atoms with E-state index in [4.69, 9.17) is 4.74 Å². The first kappa shape index (κ1) is 14.7. The molecule has 0 aliphatic rings. The van der Waals surface area contributed by atoms with Crippen molar-refractivity contribution >= 4 is 27.4 Å². The topological polar surface area (TPSA) is 62.8 Å². The Morgan fingerprint density at radius 3 is 3.00 bits per heavy atom. The van der Waals surface area contributed by atoms with E-state index in [0.29, 0.717) is 0 Å². The molecule has 4 rings (SSSR count). The Hall–Kier alpha value is -2.86. The van der Waals surface area contributed by atoms with Crippen LogP contribution in [0.3, 0.4) is 0 Å². The number of rotatable bonds is 5. The summed E-state index contributed by atoms with van der Waals surface area (Å²) in [6.45, 7) is 0.755. The second-order valence-electron chi connectivity index (χ2n) is 5.35. The van der Waals surface area contributed by atoms with Crippen LogP contribution in [-0.4, -0.2) is 22.1 Å². The number of aromatic nitrogens is 3. The molecule has 6 heteroatoms. The Morgan fingerprint density at radius 1 is 1.21 bits per heavy atom. The Labute approximate surface area is 143 Å². The van der Waals surface area contributed by atoms with Gasteiger partial charge in [-0.05, 0) is 35.9 Å². The first-order valence-electron chi connectivity index (χ1n) is 7.58. The second-order valence-corrected chi connectivity index (χ2v) is 6.43. The molecule has 4 aromatic rings. The maximum Gasteiger partial charge on any atom is 0.148 e. The Balaban J connectivity index is 1.54. The summed E-state index contributed by atoms with van der Waals surface area (Å²) in [4.78, 5) is 13.2. The number of hydrogen-bond acceptors (Lipinski definition) is 5. The van der Waals surface area contributed by atoms with E-state index in [-0.39, 0.29) is 0 Å². The molecule has 3 heterocycles. The largest absolute Gasteiger partial charge is 0.497 e. The monoisotopic (exact) mass is 336 g/mol. The lowest BCUT2D eigenvalue weighted by Crippen LogP contribution is -1.97. The molecule has 0 saturated carbocycles. The highest BCUT2D eigenvalue weighted by molar-refractivity contribution is 7.19. The van der Waals surface area contributed by atoms with Crippen molar-refractivity contribution in [1.29, 1.82) is 0 Å². The first-order valence-corrected chi connectivity index (χ1v) is 8.40. The first-order chi connectivity index (χ1) is 11.8. The molecular weight excluding hydrogens is 320 g/mol. The molecule has 0 atom stereocenters. The van der Waals surface area contributed by atoms with E-state index in [0.717, 1.165) is 44.6 Å². The van der Waals surface area contributed by atoms with Crippen LogP contribution in [-0.2, 0) is 6.54 Å². The summed E-state index contributed by atoms with van der Waals surface area (Å²) in [6.07, 6.45) is 3.65. The summed E-state index contributed by atoms with van der Waals surface area (Å²) in [6, 6.07) is 14.0. The molecule has 0 unspecified atom stereocenters. The molecule has 1 aromatic carbocycles. The van der Waals surface area contributed by atoms with Crippen molar-refractivity contribution in [2.24, 2.45) is 0 Å². The maximum absolute atomic E-state index is 5.26. The third kappa shape index (κ3) is 2.96. The summed E-state index contributed by atoms with van der Waals surface area (Å²) in [7, 11) is 1.66. The molecule has 0 aliphatic heterocycles. The van der Waals surface area contributed by atoms with E-state index in [2.05, 4.69) is 38.5 Å². The Bertz CT molecular complexity index is 961. The average molecular weight is 336 g/mol. The fraction of sp³-hybridized carbons (Fsp3) is 0.111. The summed E-state index contributed by atoms with van der Waals surface area (Å²) in [5, 5.41) is 4.52. The van der Waals surface area contributed by atoms with Gasteiger partial charge in [0.05, 0.1) is 28.0 Å². The molecule has 2 N–H and O–H groups in total. The lowest BCUT2D eigenvalue weighted by molar-refractivity contribution is 0.415. The predicted molar refractivity (Wildman–Crippen MR) is 97.5 cm³/mol. The number of hydrogen-bond donors (Lipinski definition) is 2. The van der Waals surface area contributed by atoms with Gasteiger partial charge in [-0.1, -0.05) is 6.07 Å². The summed E-state index contributed by atoms with van der Waals surface area (Å²) in [5.41, 5.74) is 3.06. The number of nitrogens with zero attached hydrogens (tertiary/aromatic N) is 2. The molecule has 0 saturated heterocycles. The van der Waals surface area contributed by atoms with Gasteiger partial charge in [0.2, 0.25) is 0 Å². The molecule has 0 amide bonds. The minimum absolute atomic E-state index is 0.755. The maximum atomic E-state index is 5.26. The van der Waals surface area contributed by atoms with Gasteiger partial charge >= 0.3 is 0 Å². The minimum atomic E-state index is 0.755. The molecule has 0 aliphatic carbocycles. The average Bonchev–Trinajstić information content (AvgIpc) is 3.26. The highest BCUT2D eigenvalue weighted by atomic mass is 32.1. The Morgan fingerprint density at radius 2 is 2.17 bits per heavy atom. The van der Waals surface area contributed by atoms with E-state index in [1.807, 2.05) is 30.5 Å². The molecule has 0 spiro atoms. The van der Waals surface area contributed by atoms with E-state index in [9.17, 15) is 0 Å². The molecule has 0 radical (unpaired) electrons. The normalized spacial score (nSPS) is 10.9. The lowest BCUT2D eigenvalue weighted by atomic mass is 10.3. The fourth-order valence-electron chi connectivity index (χ4n) is 2.48. The molecule has 24 heavy (non-hydrogen) atoms. The third-order valence-electron chi connectivity index (χ3n) is 3.72. The molecule has 0 fully saturated rings. The number of aromatic amines is 1. The van der Waals surface area contributed by atoms with Crippen molar-refractivity contribution in [2.45, 2.75) is 6.54 Å². The quantitative estimate of drug-likeness (QED) is 0.570. The van der Waals surface area contributed by atoms with Crippen LogP contribution in [0.1, 0.15) is 5.56 Å². The number of thiophene rings is 1. The number of ether oxygens (including phenoxy) is 1. The number of benzene rings is 1. The zero-order valence-corrected chi connectivity index (χ0v) is 13.9. The standard InChI is InChI=1S/C18H16N4OS/c1-23-13-4-5-14-15(9-13)22-18(21-14)16-6-7-17(24-16)20-11-12-3-2-8-19-10-12/h2-10,20H,11H2,1H3,(H,21,22). The summed E-state index contributed by atoms with van der Waals surface area (Å²) >= 11 is 1.67. The van der Waals surface area contributed by atoms with Gasteiger partial charge in [0, 0.05) is 25.0 Å². The van der Waals surface area contributed by atoms with Crippen LogP contribution in [0.2, 0.25) is 0 Å². The smallest absolute Gasteiger partial charge is 0.148 e. The van der Waals surface area contributed by atoms with Crippen molar-refractivity contribution in [3.05, 3.63) is 60.4 Å². The molecule has 120 valence electrons. The molecule has 5 nitrogen and oxygen atoms in total. The van der Waals surface area contributed by atoms with E-state index in [1.54, 1.807) is 24.6 Å². The van der Waals surface area contributed by atoms with Gasteiger partial charge in [-0.15, -0.1) is 11.3 Å². The van der Waals surface area contributed by atoms with Crippen molar-refractivity contribution in [1.82, 2.24) is 15.0 Å². The van der Waals surface area contributed by atoms with Crippen LogP contribution < -0.4 is 10.1 Å². The van der Waals surface area contributed by atoms with Crippen LogP contribution in [0, 0.1) is 0 Å². The van der Waals surface area contributed by atoms with Crippen molar-refractivity contribution in [2.75, 3.05) is 12.4 Å². The summed E-state index contributed by atoms with van der Waals surface area (Å²) < 4.78 is 5.26. The summed E-state index contributed by atoms with van der Waals surface area (Å²) in [5.74, 6) is 1.69. The van der Waals surface area contributed by atoms with Gasteiger partial charge in [0.15, 0.2) is 0 Å². The van der Waals surface area contributed by atoms with Gasteiger partial charge < -0.3 is 15.0 Å². The van der Waals surface area contributed by atoms with Gasteiger partial charge in [0.25, 0.3) is 0 Å². The third-order valence-corrected chi connectivity index (χ3v) is 4.77. The van der Waals surface area contributed by atoms with Crippen LogP contribution in [0.5, 0.6) is 5.75 Å². The van der Waals surface area contributed by atoms with Crippen LogP contribution in [0.25, 0.3) is 21.7 Å². The van der Waals surface area contributed by atoms with Gasteiger partial charge in [-0.2, -0.15) is 0 Å². The number of anilines is 1. The van der Waals surface area contributed by atoms with Crippen molar-refractivity contribution in [3.8, 4) is 16.5 Å². The van der Waals surface area contributed by atoms with E-state index < -0.39 is 0 Å². The highest BCUT2D eigenvalue weighted by Crippen LogP contribution is 2.31. The minimum Gasteiger partial charge on any atom is -0.497 e. The fourth-order valence-corrected chi connectivity index (χ4v) is 3.33. The van der Waals surface area contributed by atoms with E-state index >= 15 is 0 Å². The molecule has 3 aromatic heterocycles. The second kappa shape index (κ2) is 6.33. The van der Waals surface area contributed by atoms with Crippen LogP contribution >= 0.6 is 11.3 Å². The van der Waals surface area contributed by atoms with Gasteiger partial charge in [-0.25, -0.2) is 4.98 Å². The Kier molecular flexibility index (Phi) is 3.88. The number of methoxy groups -OCH3 is 1. The highest BCUT2D eigenvalue weighted by Gasteiger charge is 2.09. The van der Waals surface area contributed by atoms with E-state index in [1.165, 1.54) is 0 Å². The molecule has 0 bridgehead atoms. The number of H-pyrrole nitrogens is 1.